The Morgan fingerprint density at radius 1 is 1.10 bits per heavy atom. The summed E-state index contributed by atoms with van der Waals surface area (Å²) in [5.74, 6) is 1.12. The number of carbonyl (C=O) groups is 2. The van der Waals surface area contributed by atoms with Gasteiger partial charge in [0, 0.05) is 93.7 Å². The first-order valence-corrected chi connectivity index (χ1v) is 17.3. The molecule has 1 atom stereocenters. The molecule has 4 aromatic heterocycles. The number of hydrogen-bond acceptors (Lipinski definition) is 11. The van der Waals surface area contributed by atoms with Crippen LogP contribution < -0.4 is 20.7 Å². The van der Waals surface area contributed by atoms with Crippen molar-refractivity contribution in [2.24, 2.45) is 7.05 Å². The fourth-order valence-corrected chi connectivity index (χ4v) is 7.06. The average molecular weight is 732 g/mol. The molecule has 5 aromatic rings. The van der Waals surface area contributed by atoms with Gasteiger partial charge in [-0.3, -0.25) is 19.5 Å². The van der Waals surface area contributed by atoms with Crippen LogP contribution in [0.5, 0.6) is 5.88 Å². The minimum absolute atomic E-state index is 0.0851. The summed E-state index contributed by atoms with van der Waals surface area (Å²) < 4.78 is 7.46. The number of carbonyl (C=O) groups excluding carboxylic acids is 2. The molecule has 0 saturated carbocycles. The number of imidazole rings is 1. The topological polar surface area (TPSA) is 181 Å². The van der Waals surface area contributed by atoms with Crippen LogP contribution in [-0.2, 0) is 37.8 Å². The molecule has 264 valence electrons. The number of nitrogens with zero attached hydrogens (tertiary/aromatic N) is 8. The Labute approximate surface area is 303 Å². The maximum Gasteiger partial charge on any atom is 0.291 e. The number of hydrogen-bond donors (Lipinski definition) is 4. The summed E-state index contributed by atoms with van der Waals surface area (Å²) in [4.78, 5) is 41.4. The van der Waals surface area contributed by atoms with Crippen LogP contribution in [0.1, 0.15) is 46.2 Å². The number of pyridine rings is 2. The Bertz CT molecular complexity index is 2070. The van der Waals surface area contributed by atoms with Crippen molar-refractivity contribution in [2.75, 3.05) is 32.1 Å². The van der Waals surface area contributed by atoms with Crippen LogP contribution >= 0.6 is 23.2 Å². The van der Waals surface area contributed by atoms with E-state index < -0.39 is 0 Å². The standard InChI is InChI=1S/C34H36Cl2N12O3/c1-47-26-11-14-48(15-12-27-43-45-46-44-27)18-25(26)40-32(47)33(50)41-24-5-3-4-22(29(24)35)31-30(36)21(10-13-38-31)23-8-6-19(34(42-23)51-2)16-37-17-20-7-9-28(49)39-20/h3-6,8,10,13,20,37H,7,9,11-12,14-18H2,1-2H3,(H,39,49)(H,41,50)(H,43,44,45,46)/t20-/m1/s1. The fraction of sp³-hybridized carbons (Fsp3) is 0.353. The molecule has 1 saturated heterocycles. The molecular weight excluding hydrogens is 695 g/mol. The molecule has 1 fully saturated rings. The first-order chi connectivity index (χ1) is 24.8. The molecule has 0 spiro atoms. The molecule has 7 rings (SSSR count). The molecule has 15 nitrogen and oxygen atoms in total. The number of fused-ring (bicyclic) bond motifs is 1. The third-order valence-corrected chi connectivity index (χ3v) is 9.96. The predicted molar refractivity (Wildman–Crippen MR) is 190 cm³/mol. The Morgan fingerprint density at radius 2 is 1.98 bits per heavy atom. The van der Waals surface area contributed by atoms with Gasteiger partial charge in [0.05, 0.1) is 39.9 Å². The van der Waals surface area contributed by atoms with Gasteiger partial charge >= 0.3 is 0 Å². The molecule has 0 unspecified atom stereocenters. The number of amides is 2. The van der Waals surface area contributed by atoms with Gasteiger partial charge in [0.2, 0.25) is 11.8 Å². The number of benzene rings is 1. The number of aromatic amines is 1. The van der Waals surface area contributed by atoms with Crippen LogP contribution in [0.4, 0.5) is 5.69 Å². The van der Waals surface area contributed by atoms with Crippen molar-refractivity contribution in [3.8, 4) is 28.4 Å². The highest BCUT2D eigenvalue weighted by Gasteiger charge is 2.27. The highest BCUT2D eigenvalue weighted by Crippen LogP contribution is 2.40. The summed E-state index contributed by atoms with van der Waals surface area (Å²) in [7, 11) is 3.42. The number of rotatable bonds is 12. The summed E-state index contributed by atoms with van der Waals surface area (Å²) in [6.07, 6.45) is 4.45. The van der Waals surface area contributed by atoms with E-state index in [9.17, 15) is 9.59 Å². The molecule has 6 heterocycles. The number of H-pyrrole nitrogens is 1. The summed E-state index contributed by atoms with van der Waals surface area (Å²) in [6.45, 7) is 3.38. The fourth-order valence-electron chi connectivity index (χ4n) is 6.48. The van der Waals surface area contributed by atoms with Gasteiger partial charge in [0.25, 0.3) is 5.91 Å². The van der Waals surface area contributed by atoms with Gasteiger partial charge in [-0.2, -0.15) is 5.21 Å². The zero-order chi connectivity index (χ0) is 35.5. The van der Waals surface area contributed by atoms with E-state index in [1.165, 1.54) is 0 Å². The zero-order valence-electron chi connectivity index (χ0n) is 28.0. The van der Waals surface area contributed by atoms with Crippen molar-refractivity contribution in [2.45, 2.75) is 44.8 Å². The highest BCUT2D eigenvalue weighted by molar-refractivity contribution is 6.39. The van der Waals surface area contributed by atoms with Crippen molar-refractivity contribution < 1.29 is 14.3 Å². The third-order valence-electron chi connectivity index (χ3n) is 9.17. The Kier molecular flexibility index (Phi) is 10.2. The first-order valence-electron chi connectivity index (χ1n) is 16.6. The molecule has 0 bridgehead atoms. The molecule has 51 heavy (non-hydrogen) atoms. The number of anilines is 1. The second-order valence-corrected chi connectivity index (χ2v) is 13.2. The third kappa shape index (κ3) is 7.42. The smallest absolute Gasteiger partial charge is 0.291 e. The highest BCUT2D eigenvalue weighted by atomic mass is 35.5. The van der Waals surface area contributed by atoms with E-state index >= 15 is 0 Å². The van der Waals surface area contributed by atoms with Crippen molar-refractivity contribution >= 4 is 40.7 Å². The SMILES string of the molecule is COc1nc(-c2ccnc(-c3cccc(NC(=O)c4nc5c(n4C)CCN(CCc4nn[nH]n4)C5)c3Cl)c2Cl)ccc1CNC[C@H]1CCC(=O)N1. The zero-order valence-corrected chi connectivity index (χ0v) is 29.6. The Morgan fingerprint density at radius 3 is 2.76 bits per heavy atom. The van der Waals surface area contributed by atoms with E-state index in [-0.39, 0.29) is 22.9 Å². The average Bonchev–Trinajstić information content (AvgIpc) is 3.89. The van der Waals surface area contributed by atoms with Crippen LogP contribution in [0, 0.1) is 0 Å². The maximum atomic E-state index is 13.6. The van der Waals surface area contributed by atoms with Crippen molar-refractivity contribution in [1.82, 2.24) is 55.7 Å². The van der Waals surface area contributed by atoms with Gasteiger partial charge in [-0.25, -0.2) is 9.97 Å². The molecule has 17 heteroatoms. The number of methoxy groups -OCH3 is 1. The number of halogens is 2. The van der Waals surface area contributed by atoms with E-state index in [1.54, 1.807) is 37.6 Å². The second kappa shape index (κ2) is 15.1. The number of tetrazole rings is 1. The summed E-state index contributed by atoms with van der Waals surface area (Å²) in [6, 6.07) is 11.0. The number of aromatic nitrogens is 8. The monoisotopic (exact) mass is 730 g/mol. The molecule has 1 aromatic carbocycles. The van der Waals surface area contributed by atoms with Crippen LogP contribution in [0.2, 0.25) is 10.0 Å². The number of ether oxygens (including phenoxy) is 1. The predicted octanol–water partition coefficient (Wildman–Crippen LogP) is 3.59. The minimum Gasteiger partial charge on any atom is -0.481 e. The lowest BCUT2D eigenvalue weighted by Gasteiger charge is -2.25. The van der Waals surface area contributed by atoms with Gasteiger partial charge in [-0.15, -0.1) is 10.2 Å². The van der Waals surface area contributed by atoms with Crippen molar-refractivity contribution in [1.29, 1.82) is 0 Å². The quantitative estimate of drug-likeness (QED) is 0.147. The first kappa shape index (κ1) is 34.5. The Hall–Kier alpha value is -4.96. The lowest BCUT2D eigenvalue weighted by molar-refractivity contribution is -0.119. The lowest BCUT2D eigenvalue weighted by atomic mass is 10.1. The lowest BCUT2D eigenvalue weighted by Crippen LogP contribution is -2.35. The molecule has 2 aliphatic heterocycles. The van der Waals surface area contributed by atoms with E-state index in [0.717, 1.165) is 42.9 Å². The van der Waals surface area contributed by atoms with Crippen LogP contribution in [0.3, 0.4) is 0 Å². The molecule has 4 N–H and O–H groups in total. The summed E-state index contributed by atoms with van der Waals surface area (Å²) >= 11 is 13.9. The van der Waals surface area contributed by atoms with Crippen molar-refractivity contribution in [3.63, 3.8) is 0 Å². The van der Waals surface area contributed by atoms with Gasteiger partial charge in [-0.05, 0) is 24.6 Å². The number of nitrogens with one attached hydrogen (secondary N) is 4. The van der Waals surface area contributed by atoms with Gasteiger partial charge in [0.1, 0.15) is 0 Å². The normalized spacial score (nSPS) is 15.8. The minimum atomic E-state index is -0.379. The largest absolute Gasteiger partial charge is 0.481 e. The molecule has 2 amide bonds. The Balaban J connectivity index is 1.06. The van der Waals surface area contributed by atoms with E-state index in [4.69, 9.17) is 37.9 Å². The summed E-state index contributed by atoms with van der Waals surface area (Å²) in [5.41, 5.74) is 5.38. The maximum absolute atomic E-state index is 13.6. The molecule has 0 aliphatic carbocycles. The van der Waals surface area contributed by atoms with Crippen LogP contribution in [0.25, 0.3) is 22.5 Å². The van der Waals surface area contributed by atoms with Gasteiger partial charge in [-0.1, -0.05) is 46.6 Å². The van der Waals surface area contributed by atoms with Crippen LogP contribution in [0.15, 0.2) is 42.6 Å². The van der Waals surface area contributed by atoms with E-state index in [1.807, 2.05) is 23.7 Å². The van der Waals surface area contributed by atoms with Crippen LogP contribution in [-0.4, -0.2) is 89.6 Å². The van der Waals surface area contributed by atoms with Gasteiger partial charge in [0.15, 0.2) is 11.6 Å². The summed E-state index contributed by atoms with van der Waals surface area (Å²) in [5, 5.41) is 24.1. The molecular formula is C34H36Cl2N12O3. The van der Waals surface area contributed by atoms with E-state index in [2.05, 4.69) is 46.5 Å². The molecule has 0 radical (unpaired) electrons. The molecule has 2 aliphatic rings. The van der Waals surface area contributed by atoms with Gasteiger partial charge < -0.3 is 25.3 Å². The van der Waals surface area contributed by atoms with E-state index in [0.29, 0.717) is 83.2 Å². The van der Waals surface area contributed by atoms with Crippen molar-refractivity contribution in [3.05, 3.63) is 81.2 Å². The second-order valence-electron chi connectivity index (χ2n) is 12.4.